The first-order valence-corrected chi connectivity index (χ1v) is 5.84. The Hall–Kier alpha value is -0.830. The van der Waals surface area contributed by atoms with Crippen LogP contribution in [0.15, 0.2) is 12.7 Å². The molecule has 0 radical (unpaired) electrons. The predicted molar refractivity (Wildman–Crippen MR) is 65.4 cm³/mol. The third kappa shape index (κ3) is 1.77. The van der Waals surface area contributed by atoms with Gasteiger partial charge in [0.1, 0.15) is 0 Å². The van der Waals surface area contributed by atoms with Crippen molar-refractivity contribution < 1.29 is 9.90 Å². The zero-order chi connectivity index (χ0) is 12.6. The lowest BCUT2D eigenvalue weighted by atomic mass is 9.59. The fraction of sp³-hybridized carbons (Fsp3) is 0.769. The molecule has 0 saturated carbocycles. The van der Waals surface area contributed by atoms with E-state index in [0.717, 1.165) is 19.4 Å². The minimum atomic E-state index is -0.763. The van der Waals surface area contributed by atoms with E-state index in [2.05, 4.69) is 39.3 Å². The SMILES string of the molecule is C=CC(C(=O)O)C1(C)CCCN(C)C1(C)C. The largest absolute Gasteiger partial charge is 0.481 e. The Morgan fingerprint density at radius 1 is 1.50 bits per heavy atom. The highest BCUT2D eigenvalue weighted by Gasteiger charge is 2.52. The number of hydrogen-bond acceptors (Lipinski definition) is 2. The van der Waals surface area contributed by atoms with Crippen LogP contribution in [-0.4, -0.2) is 35.1 Å². The number of hydrogen-bond donors (Lipinski definition) is 1. The van der Waals surface area contributed by atoms with Gasteiger partial charge in [0.2, 0.25) is 0 Å². The molecule has 1 fully saturated rings. The molecule has 16 heavy (non-hydrogen) atoms. The summed E-state index contributed by atoms with van der Waals surface area (Å²) in [5, 5.41) is 9.32. The van der Waals surface area contributed by atoms with Crippen LogP contribution in [0, 0.1) is 11.3 Å². The second-order valence-corrected chi connectivity index (χ2v) is 5.55. The molecular weight excluding hydrogens is 202 g/mol. The fourth-order valence-electron chi connectivity index (χ4n) is 2.87. The maximum absolute atomic E-state index is 11.3. The van der Waals surface area contributed by atoms with Gasteiger partial charge in [-0.2, -0.15) is 0 Å². The van der Waals surface area contributed by atoms with Gasteiger partial charge >= 0.3 is 5.97 Å². The van der Waals surface area contributed by atoms with Crippen molar-refractivity contribution in [1.82, 2.24) is 4.90 Å². The van der Waals surface area contributed by atoms with E-state index in [-0.39, 0.29) is 11.0 Å². The molecule has 0 aliphatic carbocycles. The molecule has 1 heterocycles. The van der Waals surface area contributed by atoms with Crippen LogP contribution >= 0.6 is 0 Å². The average Bonchev–Trinajstić information content (AvgIpc) is 2.15. The van der Waals surface area contributed by atoms with Crippen molar-refractivity contribution in [2.75, 3.05) is 13.6 Å². The summed E-state index contributed by atoms with van der Waals surface area (Å²) in [5.74, 6) is -1.24. The molecule has 0 amide bonds. The van der Waals surface area contributed by atoms with Gasteiger partial charge in [0.25, 0.3) is 0 Å². The van der Waals surface area contributed by atoms with E-state index in [0.29, 0.717) is 0 Å². The number of nitrogens with zero attached hydrogens (tertiary/aromatic N) is 1. The first-order valence-electron chi connectivity index (χ1n) is 5.84. The highest BCUT2D eigenvalue weighted by atomic mass is 16.4. The third-order valence-corrected chi connectivity index (χ3v) is 4.73. The number of carbonyl (C=O) groups is 1. The van der Waals surface area contributed by atoms with E-state index in [1.807, 2.05) is 0 Å². The molecule has 0 aromatic heterocycles. The van der Waals surface area contributed by atoms with Crippen LogP contribution in [0.5, 0.6) is 0 Å². The molecule has 1 aliphatic heterocycles. The van der Waals surface area contributed by atoms with Crippen LogP contribution < -0.4 is 0 Å². The maximum Gasteiger partial charge on any atom is 0.310 e. The van der Waals surface area contributed by atoms with Crippen molar-refractivity contribution in [3.63, 3.8) is 0 Å². The Labute approximate surface area is 98.1 Å². The molecule has 3 heteroatoms. The van der Waals surface area contributed by atoms with Gasteiger partial charge < -0.3 is 10.0 Å². The smallest absolute Gasteiger partial charge is 0.310 e. The zero-order valence-corrected chi connectivity index (χ0v) is 10.8. The molecule has 1 saturated heterocycles. The lowest BCUT2D eigenvalue weighted by Gasteiger charge is -2.55. The fourth-order valence-corrected chi connectivity index (χ4v) is 2.87. The van der Waals surface area contributed by atoms with Crippen LogP contribution in [0.3, 0.4) is 0 Å². The number of likely N-dealkylation sites (tertiary alicyclic amines) is 1. The van der Waals surface area contributed by atoms with Gasteiger partial charge in [-0.15, -0.1) is 6.58 Å². The molecule has 2 unspecified atom stereocenters. The van der Waals surface area contributed by atoms with Crippen molar-refractivity contribution in [2.24, 2.45) is 11.3 Å². The van der Waals surface area contributed by atoms with E-state index in [1.54, 1.807) is 6.08 Å². The molecule has 0 spiro atoms. The van der Waals surface area contributed by atoms with E-state index in [1.165, 1.54) is 0 Å². The van der Waals surface area contributed by atoms with Crippen molar-refractivity contribution in [2.45, 2.75) is 39.2 Å². The van der Waals surface area contributed by atoms with Gasteiger partial charge in [-0.05, 0) is 40.3 Å². The van der Waals surface area contributed by atoms with Crippen molar-refractivity contribution in [3.05, 3.63) is 12.7 Å². The summed E-state index contributed by atoms with van der Waals surface area (Å²) in [5.41, 5.74) is -0.379. The molecule has 3 nitrogen and oxygen atoms in total. The Bertz CT molecular complexity index is 298. The van der Waals surface area contributed by atoms with Crippen molar-refractivity contribution in [1.29, 1.82) is 0 Å². The predicted octanol–water partition coefficient (Wildman–Crippen LogP) is 2.38. The van der Waals surface area contributed by atoms with Crippen LogP contribution in [0.4, 0.5) is 0 Å². The first kappa shape index (κ1) is 13.2. The Morgan fingerprint density at radius 2 is 2.06 bits per heavy atom. The van der Waals surface area contributed by atoms with Gasteiger partial charge in [0.15, 0.2) is 0 Å². The van der Waals surface area contributed by atoms with E-state index >= 15 is 0 Å². The quantitative estimate of drug-likeness (QED) is 0.750. The van der Waals surface area contributed by atoms with Crippen molar-refractivity contribution in [3.8, 4) is 0 Å². The molecule has 0 bridgehead atoms. The summed E-state index contributed by atoms with van der Waals surface area (Å²) in [4.78, 5) is 13.6. The van der Waals surface area contributed by atoms with Crippen LogP contribution in [0.1, 0.15) is 33.6 Å². The van der Waals surface area contributed by atoms with Crippen LogP contribution in [-0.2, 0) is 4.79 Å². The Balaban J connectivity index is 3.14. The summed E-state index contributed by atoms with van der Waals surface area (Å²) in [6.45, 7) is 11.1. The minimum absolute atomic E-state index is 0.123. The van der Waals surface area contributed by atoms with Crippen LogP contribution in [0.2, 0.25) is 0 Å². The summed E-state index contributed by atoms with van der Waals surface area (Å²) >= 11 is 0. The van der Waals surface area contributed by atoms with Gasteiger partial charge in [-0.25, -0.2) is 0 Å². The third-order valence-electron chi connectivity index (χ3n) is 4.73. The standard InChI is InChI=1S/C13H23NO2/c1-6-10(11(15)16)13(4)8-7-9-14(5)12(13,2)3/h6,10H,1,7-9H2,2-5H3,(H,15,16). The van der Waals surface area contributed by atoms with Crippen molar-refractivity contribution >= 4 is 5.97 Å². The molecule has 2 atom stereocenters. The highest BCUT2D eigenvalue weighted by molar-refractivity contribution is 5.73. The molecule has 0 aromatic carbocycles. The average molecular weight is 225 g/mol. The van der Waals surface area contributed by atoms with Gasteiger partial charge in [-0.1, -0.05) is 13.0 Å². The highest BCUT2D eigenvalue weighted by Crippen LogP contribution is 2.48. The number of rotatable bonds is 3. The number of carboxylic acids is 1. The lowest BCUT2D eigenvalue weighted by molar-refractivity contribution is -0.151. The Morgan fingerprint density at radius 3 is 2.50 bits per heavy atom. The summed E-state index contributed by atoms with van der Waals surface area (Å²) in [6, 6.07) is 0. The Kier molecular flexibility index (Phi) is 3.48. The minimum Gasteiger partial charge on any atom is -0.481 e. The number of aliphatic carboxylic acids is 1. The molecular formula is C13H23NO2. The second kappa shape index (κ2) is 4.21. The topological polar surface area (TPSA) is 40.5 Å². The number of piperidine rings is 1. The normalized spacial score (nSPS) is 32.0. The first-order chi connectivity index (χ1) is 7.27. The molecule has 1 rings (SSSR count). The van der Waals surface area contributed by atoms with E-state index < -0.39 is 11.9 Å². The summed E-state index contributed by atoms with van der Waals surface area (Å²) in [7, 11) is 2.07. The van der Waals surface area contributed by atoms with Gasteiger partial charge in [-0.3, -0.25) is 4.79 Å². The zero-order valence-electron chi connectivity index (χ0n) is 10.8. The van der Waals surface area contributed by atoms with Crippen LogP contribution in [0.25, 0.3) is 0 Å². The van der Waals surface area contributed by atoms with E-state index in [9.17, 15) is 9.90 Å². The van der Waals surface area contributed by atoms with E-state index in [4.69, 9.17) is 0 Å². The maximum atomic E-state index is 11.3. The lowest BCUT2D eigenvalue weighted by Crippen LogP contribution is -2.60. The second-order valence-electron chi connectivity index (χ2n) is 5.55. The number of carboxylic acid groups (broad SMARTS) is 1. The van der Waals surface area contributed by atoms with Gasteiger partial charge in [0.05, 0.1) is 5.92 Å². The summed E-state index contributed by atoms with van der Waals surface area (Å²) in [6.07, 6.45) is 3.57. The summed E-state index contributed by atoms with van der Waals surface area (Å²) < 4.78 is 0. The monoisotopic (exact) mass is 225 g/mol. The molecule has 1 aliphatic rings. The molecule has 1 N–H and O–H groups in total. The van der Waals surface area contributed by atoms with Gasteiger partial charge in [0, 0.05) is 11.0 Å². The molecule has 0 aromatic rings. The molecule has 92 valence electrons.